The van der Waals surface area contributed by atoms with Crippen LogP contribution in [-0.2, 0) is 9.59 Å². The lowest BCUT2D eigenvalue weighted by Gasteiger charge is -2.29. The molecule has 2 aliphatic rings. The van der Waals surface area contributed by atoms with Crippen LogP contribution in [0.5, 0.6) is 0 Å². The van der Waals surface area contributed by atoms with Crippen molar-refractivity contribution >= 4 is 35.0 Å². The third-order valence-electron chi connectivity index (χ3n) is 5.90. The van der Waals surface area contributed by atoms with Gasteiger partial charge in [-0.15, -0.1) is 11.8 Å². The summed E-state index contributed by atoms with van der Waals surface area (Å²) in [5.41, 5.74) is 3.96. The standard InChI is InChI=1S/C24H28N2O2S/c1-16(2)18-11-6-8-14-21(18)26-22(27)15-29-24(26)19-12-5-7-13-20(19)25-23(28)17-9-3-4-10-17/h5-8,11-14,16-17,24H,3-4,9-10,15H2,1-2H3,(H,25,28)/t24-/m0/s1. The van der Waals surface area contributed by atoms with Crippen LogP contribution in [0.4, 0.5) is 11.4 Å². The molecule has 2 amide bonds. The number of amides is 2. The van der Waals surface area contributed by atoms with Crippen LogP contribution >= 0.6 is 11.8 Å². The van der Waals surface area contributed by atoms with E-state index < -0.39 is 0 Å². The molecule has 152 valence electrons. The fourth-order valence-electron chi connectivity index (χ4n) is 4.36. The smallest absolute Gasteiger partial charge is 0.238 e. The zero-order chi connectivity index (χ0) is 20.4. The third kappa shape index (κ3) is 4.06. The number of nitrogens with zero attached hydrogens (tertiary/aromatic N) is 1. The lowest BCUT2D eigenvalue weighted by atomic mass is 9.99. The van der Waals surface area contributed by atoms with Gasteiger partial charge < -0.3 is 5.32 Å². The zero-order valence-corrected chi connectivity index (χ0v) is 17.9. The quantitative estimate of drug-likeness (QED) is 0.689. The van der Waals surface area contributed by atoms with E-state index in [4.69, 9.17) is 0 Å². The van der Waals surface area contributed by atoms with Gasteiger partial charge in [0.25, 0.3) is 0 Å². The maximum atomic E-state index is 12.9. The lowest BCUT2D eigenvalue weighted by Crippen LogP contribution is -2.30. The van der Waals surface area contributed by atoms with Crippen molar-refractivity contribution in [1.82, 2.24) is 0 Å². The molecule has 0 radical (unpaired) electrons. The molecule has 2 aromatic carbocycles. The van der Waals surface area contributed by atoms with Crippen LogP contribution in [0.15, 0.2) is 48.5 Å². The highest BCUT2D eigenvalue weighted by molar-refractivity contribution is 8.00. The number of thioether (sulfide) groups is 1. The molecule has 0 spiro atoms. The van der Waals surface area contributed by atoms with Crippen LogP contribution in [0.2, 0.25) is 0 Å². The van der Waals surface area contributed by atoms with Crippen LogP contribution < -0.4 is 10.2 Å². The van der Waals surface area contributed by atoms with Crippen molar-refractivity contribution in [3.8, 4) is 0 Å². The summed E-state index contributed by atoms with van der Waals surface area (Å²) in [5.74, 6) is 1.10. The van der Waals surface area contributed by atoms with E-state index >= 15 is 0 Å². The molecule has 1 heterocycles. The van der Waals surface area contributed by atoms with Gasteiger partial charge in [0.05, 0.1) is 5.75 Å². The maximum absolute atomic E-state index is 12.9. The summed E-state index contributed by atoms with van der Waals surface area (Å²) in [7, 11) is 0. The Morgan fingerprint density at radius 1 is 1.07 bits per heavy atom. The molecule has 1 saturated carbocycles. The predicted molar refractivity (Wildman–Crippen MR) is 120 cm³/mol. The number of hydrogen-bond acceptors (Lipinski definition) is 3. The molecule has 29 heavy (non-hydrogen) atoms. The van der Waals surface area contributed by atoms with Crippen molar-refractivity contribution in [1.29, 1.82) is 0 Å². The van der Waals surface area contributed by atoms with Gasteiger partial charge in [-0.1, -0.05) is 63.1 Å². The van der Waals surface area contributed by atoms with Gasteiger partial charge in [0.2, 0.25) is 11.8 Å². The van der Waals surface area contributed by atoms with Gasteiger partial charge in [0, 0.05) is 22.9 Å². The Labute approximate surface area is 177 Å². The van der Waals surface area contributed by atoms with Gasteiger partial charge in [0.15, 0.2) is 0 Å². The topological polar surface area (TPSA) is 49.4 Å². The molecule has 5 heteroatoms. The van der Waals surface area contributed by atoms with E-state index in [2.05, 4.69) is 25.2 Å². The van der Waals surface area contributed by atoms with Crippen molar-refractivity contribution in [2.24, 2.45) is 5.92 Å². The second-order valence-electron chi connectivity index (χ2n) is 8.20. The molecule has 1 atom stereocenters. The van der Waals surface area contributed by atoms with E-state index in [1.54, 1.807) is 11.8 Å². The summed E-state index contributed by atoms with van der Waals surface area (Å²) in [6.45, 7) is 4.30. The first-order valence-corrected chi connectivity index (χ1v) is 11.5. The van der Waals surface area contributed by atoms with E-state index in [0.29, 0.717) is 11.7 Å². The van der Waals surface area contributed by atoms with Crippen molar-refractivity contribution < 1.29 is 9.59 Å². The maximum Gasteiger partial charge on any atom is 0.238 e. The summed E-state index contributed by atoms with van der Waals surface area (Å²) in [4.78, 5) is 27.6. The lowest BCUT2D eigenvalue weighted by molar-refractivity contribution is -0.119. The molecule has 2 fully saturated rings. The Hall–Kier alpha value is -2.27. The first-order chi connectivity index (χ1) is 14.1. The summed E-state index contributed by atoms with van der Waals surface area (Å²) in [6, 6.07) is 16.1. The normalized spacial score (nSPS) is 19.9. The van der Waals surface area contributed by atoms with Gasteiger partial charge >= 0.3 is 0 Å². The Morgan fingerprint density at radius 3 is 2.52 bits per heavy atom. The molecule has 2 aromatic rings. The zero-order valence-electron chi connectivity index (χ0n) is 17.1. The number of nitrogens with one attached hydrogen (secondary N) is 1. The monoisotopic (exact) mass is 408 g/mol. The van der Waals surface area contributed by atoms with Crippen LogP contribution in [-0.4, -0.2) is 17.6 Å². The minimum atomic E-state index is -0.137. The highest BCUT2D eigenvalue weighted by atomic mass is 32.2. The van der Waals surface area contributed by atoms with E-state index in [9.17, 15) is 9.59 Å². The molecule has 0 aromatic heterocycles. The highest BCUT2D eigenvalue weighted by Gasteiger charge is 2.37. The van der Waals surface area contributed by atoms with E-state index in [0.717, 1.165) is 42.6 Å². The molecule has 0 unspecified atom stereocenters. The van der Waals surface area contributed by atoms with Gasteiger partial charge in [-0.3, -0.25) is 14.5 Å². The molecule has 1 aliphatic heterocycles. The number of para-hydroxylation sites is 2. The van der Waals surface area contributed by atoms with Crippen LogP contribution in [0, 0.1) is 5.92 Å². The first kappa shape index (κ1) is 20.0. The third-order valence-corrected chi connectivity index (χ3v) is 7.09. The molecule has 4 rings (SSSR count). The van der Waals surface area contributed by atoms with Crippen molar-refractivity contribution in [3.63, 3.8) is 0 Å². The second-order valence-corrected chi connectivity index (χ2v) is 9.27. The van der Waals surface area contributed by atoms with E-state index in [-0.39, 0.29) is 23.1 Å². The average molecular weight is 409 g/mol. The van der Waals surface area contributed by atoms with Gasteiger partial charge in [-0.25, -0.2) is 0 Å². The molecule has 1 N–H and O–H groups in total. The molecule has 4 nitrogen and oxygen atoms in total. The van der Waals surface area contributed by atoms with E-state index in [1.165, 1.54) is 5.56 Å². The van der Waals surface area contributed by atoms with E-state index in [1.807, 2.05) is 47.4 Å². The molecule has 1 saturated heterocycles. The molecule has 0 bridgehead atoms. The Kier molecular flexibility index (Phi) is 5.95. The molecular weight excluding hydrogens is 380 g/mol. The van der Waals surface area contributed by atoms with Crippen molar-refractivity contribution in [2.75, 3.05) is 16.0 Å². The summed E-state index contributed by atoms with van der Waals surface area (Å²) in [6.07, 6.45) is 4.20. The van der Waals surface area contributed by atoms with Crippen LogP contribution in [0.3, 0.4) is 0 Å². The number of hydrogen-bond donors (Lipinski definition) is 1. The number of benzene rings is 2. The second kappa shape index (κ2) is 8.62. The number of carbonyl (C=O) groups is 2. The highest BCUT2D eigenvalue weighted by Crippen LogP contribution is 2.46. The minimum Gasteiger partial charge on any atom is -0.325 e. The Bertz CT molecular complexity index is 905. The fourth-order valence-corrected chi connectivity index (χ4v) is 5.56. The first-order valence-electron chi connectivity index (χ1n) is 10.5. The Morgan fingerprint density at radius 2 is 1.76 bits per heavy atom. The van der Waals surface area contributed by atoms with Crippen LogP contribution in [0.25, 0.3) is 0 Å². The van der Waals surface area contributed by atoms with Crippen molar-refractivity contribution in [3.05, 3.63) is 59.7 Å². The molecular formula is C24H28N2O2S. The minimum absolute atomic E-state index is 0.110. The largest absolute Gasteiger partial charge is 0.325 e. The van der Waals surface area contributed by atoms with Gasteiger partial charge in [-0.2, -0.15) is 0 Å². The average Bonchev–Trinajstić information content (AvgIpc) is 3.38. The summed E-state index contributed by atoms with van der Waals surface area (Å²) < 4.78 is 0. The van der Waals surface area contributed by atoms with Gasteiger partial charge in [-0.05, 0) is 36.5 Å². The van der Waals surface area contributed by atoms with Gasteiger partial charge in [0.1, 0.15) is 5.37 Å². The predicted octanol–water partition coefficient (Wildman–Crippen LogP) is 5.72. The van der Waals surface area contributed by atoms with Crippen molar-refractivity contribution in [2.45, 2.75) is 50.8 Å². The number of anilines is 2. The summed E-state index contributed by atoms with van der Waals surface area (Å²) in [5, 5.41) is 3.03. The summed E-state index contributed by atoms with van der Waals surface area (Å²) >= 11 is 1.63. The van der Waals surface area contributed by atoms with Crippen LogP contribution in [0.1, 0.15) is 61.9 Å². The SMILES string of the molecule is CC(C)c1ccccc1N1C(=O)CS[C@H]1c1ccccc1NC(=O)C1CCCC1. The Balaban J connectivity index is 1.67. The number of carbonyl (C=O) groups excluding carboxylic acids is 2. The molecule has 1 aliphatic carbocycles. The number of rotatable bonds is 5. The fraction of sp³-hybridized carbons (Fsp3) is 0.417.